The molecule has 1 heteroatoms. The molecule has 0 aliphatic rings. The average Bonchev–Trinajstić information content (AvgIpc) is 2.15. The first-order valence-corrected chi connectivity index (χ1v) is 4.68. The fourth-order valence-electron chi connectivity index (χ4n) is 1.30. The molecule has 0 N–H and O–H groups in total. The molecule has 1 aromatic heterocycles. The number of aromatic nitrogens is 1. The highest BCUT2D eigenvalue weighted by molar-refractivity contribution is 5.17. The molecule has 0 radical (unpaired) electrons. The highest BCUT2D eigenvalue weighted by Gasteiger charge is 1.97. The van der Waals surface area contributed by atoms with Gasteiger partial charge in [-0.3, -0.25) is 4.98 Å². The molecule has 0 aliphatic heterocycles. The number of terminal acetylenes is 1. The van der Waals surface area contributed by atoms with Crippen molar-refractivity contribution in [2.75, 3.05) is 0 Å². The van der Waals surface area contributed by atoms with E-state index in [1.54, 1.807) is 0 Å². The number of pyridine rings is 1. The van der Waals surface area contributed by atoms with Crippen molar-refractivity contribution in [2.45, 2.75) is 32.6 Å². The van der Waals surface area contributed by atoms with Crippen LogP contribution < -0.4 is 0 Å². The predicted octanol–water partition coefficient (Wildman–Crippen LogP) is 2.74. The second kappa shape index (κ2) is 5.37. The van der Waals surface area contributed by atoms with Gasteiger partial charge in [-0.1, -0.05) is 6.07 Å². The summed E-state index contributed by atoms with van der Waals surface area (Å²) in [5.41, 5.74) is 2.49. The lowest BCUT2D eigenvalue weighted by atomic mass is 10.1. The molecule has 1 aromatic rings. The third-order valence-electron chi connectivity index (χ3n) is 2.10. The van der Waals surface area contributed by atoms with Crippen LogP contribution in [0.1, 0.15) is 30.5 Å². The first-order chi connectivity index (χ1) is 6.34. The highest BCUT2D eigenvalue weighted by Crippen LogP contribution is 2.07. The van der Waals surface area contributed by atoms with E-state index >= 15 is 0 Å². The van der Waals surface area contributed by atoms with Crippen LogP contribution in [0.3, 0.4) is 0 Å². The van der Waals surface area contributed by atoms with Crippen LogP contribution in [-0.4, -0.2) is 4.98 Å². The Balaban J connectivity index is 2.37. The van der Waals surface area contributed by atoms with E-state index in [0.717, 1.165) is 25.7 Å². The summed E-state index contributed by atoms with van der Waals surface area (Å²) >= 11 is 0. The van der Waals surface area contributed by atoms with Gasteiger partial charge in [0.05, 0.1) is 0 Å². The largest absolute Gasteiger partial charge is 0.261 e. The average molecular weight is 173 g/mol. The molecule has 0 amide bonds. The highest BCUT2D eigenvalue weighted by atomic mass is 14.7. The van der Waals surface area contributed by atoms with Crippen LogP contribution in [0.15, 0.2) is 18.3 Å². The number of hydrogen-bond donors (Lipinski definition) is 0. The number of hydrogen-bond acceptors (Lipinski definition) is 1. The zero-order valence-corrected chi connectivity index (χ0v) is 8.09. The lowest BCUT2D eigenvalue weighted by molar-refractivity contribution is 0.739. The zero-order chi connectivity index (χ0) is 9.52. The molecule has 0 fully saturated rings. The Morgan fingerprint density at radius 3 is 3.00 bits per heavy atom. The Labute approximate surface area is 80.2 Å². The predicted molar refractivity (Wildman–Crippen MR) is 55.4 cm³/mol. The smallest absolute Gasteiger partial charge is 0.0432 e. The lowest BCUT2D eigenvalue weighted by Crippen LogP contribution is -1.93. The maximum atomic E-state index is 5.17. The van der Waals surface area contributed by atoms with E-state index in [1.807, 2.05) is 12.3 Å². The van der Waals surface area contributed by atoms with E-state index in [4.69, 9.17) is 6.42 Å². The Kier molecular flexibility index (Phi) is 4.05. The second-order valence-electron chi connectivity index (χ2n) is 3.18. The molecule has 0 bridgehead atoms. The molecule has 1 nitrogen and oxygen atoms in total. The monoisotopic (exact) mass is 173 g/mol. The summed E-state index contributed by atoms with van der Waals surface area (Å²) in [7, 11) is 0. The molecule has 0 atom stereocenters. The second-order valence-corrected chi connectivity index (χ2v) is 3.18. The maximum Gasteiger partial charge on any atom is 0.0432 e. The van der Waals surface area contributed by atoms with Gasteiger partial charge in [0.1, 0.15) is 0 Å². The molecular formula is C12H15N. The zero-order valence-electron chi connectivity index (χ0n) is 8.09. The Morgan fingerprint density at radius 1 is 1.46 bits per heavy atom. The van der Waals surface area contributed by atoms with Crippen molar-refractivity contribution in [3.63, 3.8) is 0 Å². The molecule has 0 unspecified atom stereocenters. The fraction of sp³-hybridized carbons (Fsp3) is 0.417. The number of nitrogens with zero attached hydrogens (tertiary/aromatic N) is 1. The van der Waals surface area contributed by atoms with Gasteiger partial charge >= 0.3 is 0 Å². The van der Waals surface area contributed by atoms with Crippen LogP contribution in [0, 0.1) is 19.3 Å². The molecule has 1 rings (SSSR count). The molecule has 1 heterocycles. The number of aryl methyl sites for hydroxylation is 2. The summed E-state index contributed by atoms with van der Waals surface area (Å²) in [5.74, 6) is 2.65. The van der Waals surface area contributed by atoms with Crippen molar-refractivity contribution in [2.24, 2.45) is 0 Å². The van der Waals surface area contributed by atoms with Gasteiger partial charge in [0.25, 0.3) is 0 Å². The Bertz CT molecular complexity index is 296. The van der Waals surface area contributed by atoms with Gasteiger partial charge in [0.2, 0.25) is 0 Å². The van der Waals surface area contributed by atoms with Gasteiger partial charge in [0, 0.05) is 18.3 Å². The van der Waals surface area contributed by atoms with Crippen molar-refractivity contribution >= 4 is 0 Å². The van der Waals surface area contributed by atoms with Gasteiger partial charge in [0.15, 0.2) is 0 Å². The molecular weight excluding hydrogens is 158 g/mol. The SMILES string of the molecule is C#CCCCCc1ncccc1C. The minimum atomic E-state index is 0.881. The summed E-state index contributed by atoms with van der Waals surface area (Å²) in [6.45, 7) is 2.10. The van der Waals surface area contributed by atoms with Crippen molar-refractivity contribution in [1.82, 2.24) is 4.98 Å². The molecule has 68 valence electrons. The van der Waals surface area contributed by atoms with Gasteiger partial charge in [-0.15, -0.1) is 12.3 Å². The van der Waals surface area contributed by atoms with Crippen LogP contribution in [0.2, 0.25) is 0 Å². The molecule has 0 saturated heterocycles. The van der Waals surface area contributed by atoms with Crippen molar-refractivity contribution in [3.8, 4) is 12.3 Å². The minimum absolute atomic E-state index is 0.881. The van der Waals surface area contributed by atoms with E-state index in [1.165, 1.54) is 11.3 Å². The van der Waals surface area contributed by atoms with Gasteiger partial charge in [-0.05, 0) is 37.8 Å². The molecule has 0 spiro atoms. The topological polar surface area (TPSA) is 12.9 Å². The van der Waals surface area contributed by atoms with Crippen LogP contribution in [0.4, 0.5) is 0 Å². The van der Waals surface area contributed by atoms with Crippen LogP contribution in [0.25, 0.3) is 0 Å². The van der Waals surface area contributed by atoms with Crippen LogP contribution in [0.5, 0.6) is 0 Å². The minimum Gasteiger partial charge on any atom is -0.261 e. The van der Waals surface area contributed by atoms with Gasteiger partial charge < -0.3 is 0 Å². The van der Waals surface area contributed by atoms with E-state index in [2.05, 4.69) is 23.9 Å². The molecule has 0 aliphatic carbocycles. The first-order valence-electron chi connectivity index (χ1n) is 4.68. The third-order valence-corrected chi connectivity index (χ3v) is 2.10. The lowest BCUT2D eigenvalue weighted by Gasteiger charge is -2.02. The summed E-state index contributed by atoms with van der Waals surface area (Å²) < 4.78 is 0. The first kappa shape index (κ1) is 9.80. The normalized spacial score (nSPS) is 9.54. The summed E-state index contributed by atoms with van der Waals surface area (Å²) in [4.78, 5) is 4.32. The van der Waals surface area contributed by atoms with Crippen molar-refractivity contribution < 1.29 is 0 Å². The van der Waals surface area contributed by atoms with E-state index in [-0.39, 0.29) is 0 Å². The maximum absolute atomic E-state index is 5.17. The quantitative estimate of drug-likeness (QED) is 0.504. The van der Waals surface area contributed by atoms with E-state index in [9.17, 15) is 0 Å². The molecule has 0 aromatic carbocycles. The summed E-state index contributed by atoms with van der Waals surface area (Å²) in [6.07, 6.45) is 11.2. The summed E-state index contributed by atoms with van der Waals surface area (Å²) in [5, 5.41) is 0. The van der Waals surface area contributed by atoms with Gasteiger partial charge in [-0.25, -0.2) is 0 Å². The van der Waals surface area contributed by atoms with Crippen LogP contribution >= 0.6 is 0 Å². The Morgan fingerprint density at radius 2 is 2.31 bits per heavy atom. The summed E-state index contributed by atoms with van der Waals surface area (Å²) in [6, 6.07) is 4.07. The third kappa shape index (κ3) is 3.29. The number of rotatable bonds is 4. The number of unbranched alkanes of at least 4 members (excludes halogenated alkanes) is 2. The van der Waals surface area contributed by atoms with E-state index < -0.39 is 0 Å². The fourth-order valence-corrected chi connectivity index (χ4v) is 1.30. The van der Waals surface area contributed by atoms with Crippen molar-refractivity contribution in [3.05, 3.63) is 29.6 Å². The molecule has 0 saturated carbocycles. The Hall–Kier alpha value is -1.29. The van der Waals surface area contributed by atoms with Gasteiger partial charge in [-0.2, -0.15) is 0 Å². The van der Waals surface area contributed by atoms with E-state index in [0.29, 0.717) is 0 Å². The van der Waals surface area contributed by atoms with Crippen LogP contribution in [-0.2, 0) is 6.42 Å². The molecule has 13 heavy (non-hydrogen) atoms. The standard InChI is InChI=1S/C12H15N/c1-3-4-5-6-9-12-11(2)8-7-10-13-12/h1,7-8,10H,4-6,9H2,2H3. The van der Waals surface area contributed by atoms with Crippen molar-refractivity contribution in [1.29, 1.82) is 0 Å².